The number of imide groups is 1. The number of rotatable bonds is 5. The monoisotopic (exact) mass is 460 g/mol. The number of para-hydroxylation sites is 1. The molecule has 0 bridgehead atoms. The molecule has 3 aromatic rings. The largest absolute Gasteiger partial charge is 0.573 e. The van der Waals surface area contributed by atoms with Crippen LogP contribution in [0.1, 0.15) is 29.4 Å². The number of aromatic nitrogens is 4. The van der Waals surface area contributed by atoms with Crippen molar-refractivity contribution in [2.45, 2.75) is 39.2 Å². The summed E-state index contributed by atoms with van der Waals surface area (Å²) in [6.45, 7) is 5.06. The summed E-state index contributed by atoms with van der Waals surface area (Å²) in [4.78, 5) is 26.9. The van der Waals surface area contributed by atoms with Gasteiger partial charge in [0.25, 0.3) is 5.91 Å². The van der Waals surface area contributed by atoms with E-state index < -0.39 is 29.6 Å². The molecule has 0 aliphatic carbocycles. The van der Waals surface area contributed by atoms with E-state index in [1.165, 1.54) is 23.7 Å². The fourth-order valence-corrected chi connectivity index (χ4v) is 3.79. The van der Waals surface area contributed by atoms with E-state index in [2.05, 4.69) is 25.6 Å². The van der Waals surface area contributed by atoms with Gasteiger partial charge in [-0.3, -0.25) is 9.69 Å². The van der Waals surface area contributed by atoms with Crippen LogP contribution in [0.15, 0.2) is 42.5 Å². The molecule has 1 aliphatic heterocycles. The fraction of sp³-hybridized carbons (Fsp3) is 0.286. The molecule has 9 nitrogen and oxygen atoms in total. The maximum absolute atomic E-state index is 13.2. The van der Waals surface area contributed by atoms with Gasteiger partial charge in [-0.25, -0.2) is 4.79 Å². The quantitative estimate of drug-likeness (QED) is 0.587. The molecule has 1 aromatic heterocycles. The Labute approximate surface area is 186 Å². The number of ether oxygens (including phenoxy) is 1. The van der Waals surface area contributed by atoms with Gasteiger partial charge in [0.1, 0.15) is 11.3 Å². The first-order valence-electron chi connectivity index (χ1n) is 9.84. The van der Waals surface area contributed by atoms with Crippen molar-refractivity contribution < 1.29 is 27.5 Å². The number of aryl methyl sites for hydroxylation is 2. The number of carbonyl (C=O) groups excluding carboxylic acids is 2. The molecule has 12 heteroatoms. The average Bonchev–Trinajstić information content (AvgIpc) is 3.26. The Morgan fingerprint density at radius 2 is 1.70 bits per heavy atom. The minimum atomic E-state index is -4.83. The Morgan fingerprint density at radius 1 is 1.06 bits per heavy atom. The van der Waals surface area contributed by atoms with Gasteiger partial charge < -0.3 is 10.1 Å². The number of carbonyl (C=O) groups is 2. The molecule has 1 unspecified atom stereocenters. The highest BCUT2D eigenvalue weighted by molar-refractivity contribution is 6.07. The molecule has 1 aliphatic rings. The van der Waals surface area contributed by atoms with Crippen LogP contribution in [0.25, 0.3) is 5.69 Å². The number of nitrogens with zero attached hydrogens (tertiary/aromatic N) is 5. The Bertz CT molecular complexity index is 1200. The zero-order chi connectivity index (χ0) is 24.0. The summed E-state index contributed by atoms with van der Waals surface area (Å²) in [7, 11) is 0. The Balaban J connectivity index is 1.60. The normalized spacial score (nSPS) is 18.5. The summed E-state index contributed by atoms with van der Waals surface area (Å²) in [5.74, 6) is -0.752. The molecule has 2 aromatic carbocycles. The molecule has 0 radical (unpaired) electrons. The summed E-state index contributed by atoms with van der Waals surface area (Å²) in [5, 5.41) is 14.3. The van der Waals surface area contributed by atoms with Crippen LogP contribution in [0.5, 0.6) is 5.75 Å². The summed E-state index contributed by atoms with van der Waals surface area (Å²) >= 11 is 0. The Hall–Kier alpha value is -3.96. The van der Waals surface area contributed by atoms with E-state index in [4.69, 9.17) is 0 Å². The summed E-state index contributed by atoms with van der Waals surface area (Å²) in [6, 6.07) is 9.76. The third-order valence-corrected chi connectivity index (χ3v) is 5.43. The van der Waals surface area contributed by atoms with Crippen molar-refractivity contribution in [2.24, 2.45) is 0 Å². The highest BCUT2D eigenvalue weighted by atomic mass is 19.4. The SMILES string of the molecule is Cc1cccc(C)c1-n1nnnc1CN1C(=O)NC(C)(c2ccc(OC(F)(F)F)cc2)C1=O. The number of urea groups is 1. The molecule has 172 valence electrons. The van der Waals surface area contributed by atoms with Gasteiger partial charge in [0.05, 0.1) is 12.2 Å². The van der Waals surface area contributed by atoms with Crippen LogP contribution < -0.4 is 10.1 Å². The lowest BCUT2D eigenvalue weighted by molar-refractivity contribution is -0.274. The molecule has 33 heavy (non-hydrogen) atoms. The minimum absolute atomic E-state index is 0.198. The van der Waals surface area contributed by atoms with Crippen LogP contribution in [0, 0.1) is 13.8 Å². The van der Waals surface area contributed by atoms with E-state index in [1.807, 2.05) is 32.0 Å². The number of amides is 3. The van der Waals surface area contributed by atoms with Crippen LogP contribution in [-0.2, 0) is 16.9 Å². The number of nitrogens with one attached hydrogen (secondary N) is 1. The van der Waals surface area contributed by atoms with Crippen LogP contribution in [0.2, 0.25) is 0 Å². The molecule has 1 fully saturated rings. The number of hydrogen-bond acceptors (Lipinski definition) is 6. The lowest BCUT2D eigenvalue weighted by Gasteiger charge is -2.22. The number of tetrazole rings is 1. The maximum Gasteiger partial charge on any atom is 0.573 e. The summed E-state index contributed by atoms with van der Waals surface area (Å²) < 4.78 is 42.6. The minimum Gasteiger partial charge on any atom is -0.406 e. The van der Waals surface area contributed by atoms with E-state index in [1.54, 1.807) is 0 Å². The summed E-state index contributed by atoms with van der Waals surface area (Å²) in [6.07, 6.45) is -4.83. The van der Waals surface area contributed by atoms with E-state index in [0.717, 1.165) is 33.8 Å². The molecule has 0 saturated carbocycles. The molecule has 1 N–H and O–H groups in total. The first-order valence-corrected chi connectivity index (χ1v) is 9.84. The molecule has 4 rings (SSSR count). The number of halogens is 3. The number of alkyl halides is 3. The smallest absolute Gasteiger partial charge is 0.406 e. The molecule has 1 saturated heterocycles. The fourth-order valence-electron chi connectivity index (χ4n) is 3.79. The molecule has 0 spiro atoms. The molecular formula is C21H19F3N6O3. The van der Waals surface area contributed by atoms with E-state index in [-0.39, 0.29) is 12.4 Å². The first-order chi connectivity index (χ1) is 15.5. The van der Waals surface area contributed by atoms with E-state index >= 15 is 0 Å². The second-order valence-corrected chi connectivity index (χ2v) is 7.77. The predicted molar refractivity (Wildman–Crippen MR) is 108 cm³/mol. The Morgan fingerprint density at radius 3 is 2.30 bits per heavy atom. The number of benzene rings is 2. The van der Waals surface area contributed by atoms with Crippen molar-refractivity contribution >= 4 is 11.9 Å². The second-order valence-electron chi connectivity index (χ2n) is 7.77. The topological polar surface area (TPSA) is 102 Å². The highest BCUT2D eigenvalue weighted by Crippen LogP contribution is 2.32. The van der Waals surface area contributed by atoms with Crippen molar-refractivity contribution in [3.63, 3.8) is 0 Å². The summed E-state index contributed by atoms with van der Waals surface area (Å²) in [5.41, 5.74) is 1.38. The van der Waals surface area contributed by atoms with Crippen molar-refractivity contribution in [2.75, 3.05) is 0 Å². The van der Waals surface area contributed by atoms with Gasteiger partial charge in [-0.15, -0.1) is 18.3 Å². The van der Waals surface area contributed by atoms with Gasteiger partial charge >= 0.3 is 12.4 Å². The predicted octanol–water partition coefficient (Wildman–Crippen LogP) is 3.14. The van der Waals surface area contributed by atoms with Crippen LogP contribution >= 0.6 is 0 Å². The number of hydrogen-bond donors (Lipinski definition) is 1. The van der Waals surface area contributed by atoms with Gasteiger partial charge in [-0.05, 0) is 60.0 Å². The van der Waals surface area contributed by atoms with E-state index in [9.17, 15) is 22.8 Å². The highest BCUT2D eigenvalue weighted by Gasteiger charge is 2.49. The van der Waals surface area contributed by atoms with Gasteiger partial charge in [-0.2, -0.15) is 4.68 Å². The van der Waals surface area contributed by atoms with Gasteiger partial charge in [0.2, 0.25) is 0 Å². The molecular weight excluding hydrogens is 441 g/mol. The molecule has 3 amide bonds. The van der Waals surface area contributed by atoms with Crippen molar-refractivity contribution in [1.82, 2.24) is 30.4 Å². The zero-order valence-corrected chi connectivity index (χ0v) is 17.8. The van der Waals surface area contributed by atoms with Crippen molar-refractivity contribution in [1.29, 1.82) is 0 Å². The second kappa shape index (κ2) is 7.87. The van der Waals surface area contributed by atoms with Gasteiger partial charge in [-0.1, -0.05) is 30.3 Å². The first kappa shape index (κ1) is 22.2. The maximum atomic E-state index is 13.2. The van der Waals surface area contributed by atoms with Crippen LogP contribution in [0.3, 0.4) is 0 Å². The van der Waals surface area contributed by atoms with Crippen molar-refractivity contribution in [3.05, 3.63) is 65.0 Å². The Kier molecular flexibility index (Phi) is 5.30. The third kappa shape index (κ3) is 4.11. The van der Waals surface area contributed by atoms with Crippen molar-refractivity contribution in [3.8, 4) is 11.4 Å². The molecule has 2 heterocycles. The standard InChI is InChI=1S/C21H19F3N6O3/c1-12-5-4-6-13(2)17(12)30-16(26-27-28-30)11-29-18(31)20(3,25-19(29)32)14-7-9-15(10-8-14)33-21(22,23)24/h4-10H,11H2,1-3H3,(H,25,32). The van der Waals surface area contributed by atoms with Gasteiger partial charge in [0.15, 0.2) is 5.82 Å². The third-order valence-electron chi connectivity index (χ3n) is 5.43. The van der Waals surface area contributed by atoms with Crippen LogP contribution in [0.4, 0.5) is 18.0 Å². The lowest BCUT2D eigenvalue weighted by Crippen LogP contribution is -2.40. The van der Waals surface area contributed by atoms with E-state index in [0.29, 0.717) is 5.56 Å². The van der Waals surface area contributed by atoms with Crippen LogP contribution in [-0.4, -0.2) is 43.4 Å². The van der Waals surface area contributed by atoms with Gasteiger partial charge in [0, 0.05) is 0 Å². The average molecular weight is 460 g/mol. The lowest BCUT2D eigenvalue weighted by atomic mass is 9.92. The zero-order valence-electron chi connectivity index (χ0n) is 17.8. The molecule has 1 atom stereocenters.